The lowest BCUT2D eigenvalue weighted by Gasteiger charge is -2.30. The Morgan fingerprint density at radius 3 is 1.68 bits per heavy atom. The predicted molar refractivity (Wildman–Crippen MR) is 156 cm³/mol. The highest BCUT2D eigenvalue weighted by atomic mass is 16.3. The number of aliphatic hydroxyl groups excluding tert-OH is 2. The Labute approximate surface area is 220 Å². The Balaban J connectivity index is 1.26. The summed E-state index contributed by atoms with van der Waals surface area (Å²) in [5.41, 5.74) is 7.43. The second kappa shape index (κ2) is 8.00. The first kappa shape index (κ1) is 21.6. The van der Waals surface area contributed by atoms with Crippen LogP contribution in [0.25, 0.3) is 54.6 Å². The van der Waals surface area contributed by atoms with E-state index >= 15 is 0 Å². The number of aliphatic hydroxyl groups is 2. The monoisotopic (exact) mass is 488 g/mol. The average molecular weight is 489 g/mol. The number of fused-ring (bicyclic) bond motifs is 2. The third-order valence-corrected chi connectivity index (χ3v) is 8.33. The third-order valence-electron chi connectivity index (χ3n) is 8.33. The molecule has 0 spiro atoms. The van der Waals surface area contributed by atoms with E-state index in [1.54, 1.807) is 0 Å². The second-order valence-electron chi connectivity index (χ2n) is 10.3. The maximum Gasteiger partial charge on any atom is 0.105 e. The normalized spacial score (nSPS) is 16.7. The topological polar surface area (TPSA) is 40.5 Å². The zero-order chi connectivity index (χ0) is 25.4. The first-order valence-corrected chi connectivity index (χ1v) is 13.0. The minimum absolute atomic E-state index is 0.749. The molecule has 0 radical (unpaired) electrons. The molecule has 2 atom stereocenters. The summed E-state index contributed by atoms with van der Waals surface area (Å²) in [7, 11) is 0. The van der Waals surface area contributed by atoms with Crippen molar-refractivity contribution in [3.8, 4) is 22.3 Å². The van der Waals surface area contributed by atoms with Crippen molar-refractivity contribution in [2.75, 3.05) is 0 Å². The van der Waals surface area contributed by atoms with E-state index in [2.05, 4.69) is 78.9 Å². The molecular weight excluding hydrogens is 464 g/mol. The highest BCUT2D eigenvalue weighted by Gasteiger charge is 2.31. The van der Waals surface area contributed by atoms with E-state index in [4.69, 9.17) is 0 Å². The summed E-state index contributed by atoms with van der Waals surface area (Å²) in [6.07, 6.45) is -1.53. The summed E-state index contributed by atoms with van der Waals surface area (Å²) in [6.45, 7) is 0. The highest BCUT2D eigenvalue weighted by molar-refractivity contribution is 6.25. The van der Waals surface area contributed by atoms with E-state index < -0.39 is 12.2 Å². The van der Waals surface area contributed by atoms with E-state index in [1.165, 1.54) is 37.9 Å². The van der Waals surface area contributed by atoms with E-state index in [0.29, 0.717) is 0 Å². The molecule has 2 nitrogen and oxygen atoms in total. The first-order valence-electron chi connectivity index (χ1n) is 13.0. The van der Waals surface area contributed by atoms with Crippen molar-refractivity contribution >= 4 is 32.3 Å². The fourth-order valence-corrected chi connectivity index (χ4v) is 6.53. The smallest absolute Gasteiger partial charge is 0.105 e. The van der Waals surface area contributed by atoms with Gasteiger partial charge in [-0.3, -0.25) is 0 Å². The van der Waals surface area contributed by atoms with Gasteiger partial charge in [0, 0.05) is 0 Å². The van der Waals surface area contributed by atoms with Crippen LogP contribution in [-0.4, -0.2) is 10.2 Å². The van der Waals surface area contributed by atoms with Gasteiger partial charge in [-0.25, -0.2) is 0 Å². The van der Waals surface area contributed by atoms with Gasteiger partial charge in [-0.05, 0) is 76.8 Å². The molecule has 2 N–H and O–H groups in total. The Bertz CT molecular complexity index is 1990. The fraction of sp³-hybridized carbons (Fsp3) is 0.0556. The van der Waals surface area contributed by atoms with Crippen LogP contribution >= 0.6 is 0 Å². The molecule has 0 amide bonds. The van der Waals surface area contributed by atoms with Crippen molar-refractivity contribution < 1.29 is 10.2 Å². The van der Waals surface area contributed by atoms with Crippen LogP contribution in [0.15, 0.2) is 121 Å². The van der Waals surface area contributed by atoms with Crippen molar-refractivity contribution in [3.63, 3.8) is 0 Å². The molecule has 0 aromatic heterocycles. The van der Waals surface area contributed by atoms with Crippen LogP contribution in [0.3, 0.4) is 0 Å². The second-order valence-corrected chi connectivity index (χ2v) is 10.3. The molecule has 8 rings (SSSR count). The Morgan fingerprint density at radius 2 is 0.947 bits per heavy atom. The molecule has 7 aromatic carbocycles. The van der Waals surface area contributed by atoms with Crippen LogP contribution in [0.1, 0.15) is 34.5 Å². The molecule has 0 aliphatic heterocycles. The summed E-state index contributed by atoms with van der Waals surface area (Å²) in [5, 5.41) is 30.1. The number of hydrogen-bond donors (Lipinski definition) is 2. The predicted octanol–water partition coefficient (Wildman–Crippen LogP) is 8.39. The number of hydrogen-bond acceptors (Lipinski definition) is 2. The Kier molecular flexibility index (Phi) is 4.54. The minimum atomic E-state index is -0.780. The van der Waals surface area contributed by atoms with Gasteiger partial charge in [0.15, 0.2) is 0 Å². The molecule has 0 bridgehead atoms. The van der Waals surface area contributed by atoms with Crippen LogP contribution in [0, 0.1) is 0 Å². The van der Waals surface area contributed by atoms with Crippen molar-refractivity contribution in [3.05, 3.63) is 144 Å². The molecule has 0 heterocycles. The van der Waals surface area contributed by atoms with Gasteiger partial charge in [-0.15, -0.1) is 0 Å². The third kappa shape index (κ3) is 2.96. The number of rotatable bonds is 2. The van der Waals surface area contributed by atoms with E-state index in [1.807, 2.05) is 42.5 Å². The molecular formula is C36H24O2. The van der Waals surface area contributed by atoms with Crippen molar-refractivity contribution in [2.24, 2.45) is 0 Å². The van der Waals surface area contributed by atoms with Gasteiger partial charge in [0.1, 0.15) is 12.2 Å². The van der Waals surface area contributed by atoms with Gasteiger partial charge in [-0.1, -0.05) is 121 Å². The highest BCUT2D eigenvalue weighted by Crippen LogP contribution is 2.45. The maximum atomic E-state index is 11.3. The summed E-state index contributed by atoms with van der Waals surface area (Å²) in [6, 6.07) is 42.0. The van der Waals surface area contributed by atoms with Crippen LogP contribution in [0.2, 0.25) is 0 Å². The lowest BCUT2D eigenvalue weighted by atomic mass is 9.78. The van der Waals surface area contributed by atoms with E-state index in [-0.39, 0.29) is 0 Å². The Morgan fingerprint density at radius 1 is 0.395 bits per heavy atom. The van der Waals surface area contributed by atoms with Crippen molar-refractivity contribution in [1.29, 1.82) is 0 Å². The summed E-state index contributed by atoms with van der Waals surface area (Å²) in [4.78, 5) is 0. The molecule has 2 unspecified atom stereocenters. The lowest BCUT2D eigenvalue weighted by molar-refractivity contribution is 0.174. The van der Waals surface area contributed by atoms with Gasteiger partial charge in [0.05, 0.1) is 0 Å². The first-order chi connectivity index (χ1) is 18.7. The summed E-state index contributed by atoms with van der Waals surface area (Å²) >= 11 is 0. The van der Waals surface area contributed by atoms with Gasteiger partial charge in [0.25, 0.3) is 0 Å². The largest absolute Gasteiger partial charge is 0.384 e. The maximum absolute atomic E-state index is 11.3. The lowest BCUT2D eigenvalue weighted by Crippen LogP contribution is -2.18. The van der Waals surface area contributed by atoms with E-state index in [9.17, 15) is 10.2 Å². The minimum Gasteiger partial charge on any atom is -0.384 e. The van der Waals surface area contributed by atoms with Gasteiger partial charge < -0.3 is 10.2 Å². The van der Waals surface area contributed by atoms with E-state index in [0.717, 1.165) is 38.9 Å². The molecule has 1 aliphatic carbocycles. The molecule has 0 fully saturated rings. The van der Waals surface area contributed by atoms with Crippen LogP contribution in [0.5, 0.6) is 0 Å². The van der Waals surface area contributed by atoms with Crippen molar-refractivity contribution in [1.82, 2.24) is 0 Å². The quantitative estimate of drug-likeness (QED) is 0.240. The van der Waals surface area contributed by atoms with Gasteiger partial charge in [0.2, 0.25) is 0 Å². The standard InChI is InChI=1S/C36H24O2/c37-35-29-7-1-2-8-30(29)36(38)34-27(9-4-10-31(34)35)22-13-11-21(12-14-22)26-19-17-25-16-15-23-5-3-6-24-18-20-28(26)33(25)32(23)24/h1-20,35-38H. The number of benzene rings is 7. The van der Waals surface area contributed by atoms with Crippen LogP contribution in [0.4, 0.5) is 0 Å². The molecule has 7 aromatic rings. The summed E-state index contributed by atoms with van der Waals surface area (Å²) in [5.74, 6) is 0. The molecule has 0 saturated carbocycles. The molecule has 180 valence electrons. The zero-order valence-electron chi connectivity index (χ0n) is 20.6. The Hall–Kier alpha value is -4.50. The molecule has 1 aliphatic rings. The molecule has 2 heteroatoms. The SMILES string of the molecule is OC1c2ccccc2C(O)c2c(-c3ccc(-c4ccc5ccc6cccc7ccc4c5c67)cc3)cccc21. The summed E-state index contributed by atoms with van der Waals surface area (Å²) < 4.78 is 0. The zero-order valence-corrected chi connectivity index (χ0v) is 20.6. The van der Waals surface area contributed by atoms with Crippen LogP contribution in [-0.2, 0) is 0 Å². The fourth-order valence-electron chi connectivity index (χ4n) is 6.53. The average Bonchev–Trinajstić information content (AvgIpc) is 2.98. The van der Waals surface area contributed by atoms with Crippen LogP contribution < -0.4 is 0 Å². The molecule has 0 saturated heterocycles. The molecule has 38 heavy (non-hydrogen) atoms. The van der Waals surface area contributed by atoms with Gasteiger partial charge >= 0.3 is 0 Å². The van der Waals surface area contributed by atoms with Gasteiger partial charge in [-0.2, -0.15) is 0 Å². The van der Waals surface area contributed by atoms with Crippen molar-refractivity contribution in [2.45, 2.75) is 12.2 Å².